The molecule has 0 spiro atoms. The Hall–Kier alpha value is -2.55. The number of rotatable bonds is 3. The number of hydrogen-bond acceptors (Lipinski definition) is 2. The highest BCUT2D eigenvalue weighted by Gasteiger charge is 2.24. The van der Waals surface area contributed by atoms with Crippen LogP contribution in [0.3, 0.4) is 0 Å². The summed E-state index contributed by atoms with van der Waals surface area (Å²) in [4.78, 5) is 12.3. The van der Waals surface area contributed by atoms with Crippen LogP contribution in [0.1, 0.15) is 29.2 Å². The molecular weight excluding hydrogens is 274 g/mol. The molecule has 1 amide bonds. The van der Waals surface area contributed by atoms with Gasteiger partial charge in [-0.25, -0.2) is 0 Å². The van der Waals surface area contributed by atoms with Gasteiger partial charge in [-0.1, -0.05) is 23.8 Å². The minimum absolute atomic E-state index is 0.0652. The second kappa shape index (κ2) is 5.68. The Balaban J connectivity index is 2.05. The van der Waals surface area contributed by atoms with Crippen LogP contribution in [0.2, 0.25) is 0 Å². The van der Waals surface area contributed by atoms with Crippen LogP contribution in [0.4, 0.5) is 5.69 Å². The molecule has 0 saturated heterocycles. The van der Waals surface area contributed by atoms with Crippen LogP contribution >= 0.6 is 0 Å². The Bertz CT molecular complexity index is 775. The van der Waals surface area contributed by atoms with Crippen LogP contribution in [0.25, 0.3) is 11.6 Å². The van der Waals surface area contributed by atoms with Gasteiger partial charge in [0.15, 0.2) is 0 Å². The van der Waals surface area contributed by atoms with Crippen molar-refractivity contribution in [3.8, 4) is 5.75 Å². The summed E-state index contributed by atoms with van der Waals surface area (Å²) in [5.41, 5.74) is 5.86. The molecule has 2 aromatic carbocycles. The number of amides is 1. The molecule has 0 fully saturated rings. The van der Waals surface area contributed by atoms with Crippen molar-refractivity contribution in [2.75, 3.05) is 11.9 Å². The first-order valence-electron chi connectivity index (χ1n) is 7.46. The summed E-state index contributed by atoms with van der Waals surface area (Å²) in [6.07, 6.45) is 1.96. The number of fused-ring (bicyclic) bond motifs is 1. The Morgan fingerprint density at radius 2 is 1.95 bits per heavy atom. The molecule has 1 heterocycles. The van der Waals surface area contributed by atoms with Crippen molar-refractivity contribution in [2.24, 2.45) is 0 Å². The zero-order chi connectivity index (χ0) is 15.7. The van der Waals surface area contributed by atoms with Gasteiger partial charge in [-0.05, 0) is 50.1 Å². The van der Waals surface area contributed by atoms with Crippen LogP contribution in [0.5, 0.6) is 5.75 Å². The molecule has 0 radical (unpaired) electrons. The quantitative estimate of drug-likeness (QED) is 0.861. The number of ether oxygens (including phenoxy) is 1. The molecule has 1 aliphatic heterocycles. The van der Waals surface area contributed by atoms with Crippen molar-refractivity contribution < 1.29 is 9.53 Å². The van der Waals surface area contributed by atoms with Gasteiger partial charge in [0.25, 0.3) is 5.91 Å². The van der Waals surface area contributed by atoms with Gasteiger partial charge in [-0.15, -0.1) is 0 Å². The molecule has 3 nitrogen and oxygen atoms in total. The van der Waals surface area contributed by atoms with Gasteiger partial charge >= 0.3 is 0 Å². The summed E-state index contributed by atoms with van der Waals surface area (Å²) >= 11 is 0. The monoisotopic (exact) mass is 293 g/mol. The number of anilines is 1. The van der Waals surface area contributed by atoms with Crippen molar-refractivity contribution in [3.63, 3.8) is 0 Å². The van der Waals surface area contributed by atoms with Gasteiger partial charge in [0.2, 0.25) is 0 Å². The first-order valence-corrected chi connectivity index (χ1v) is 7.46. The molecule has 1 aliphatic rings. The van der Waals surface area contributed by atoms with Gasteiger partial charge < -0.3 is 10.1 Å². The van der Waals surface area contributed by atoms with Crippen LogP contribution < -0.4 is 10.1 Å². The SMILES string of the molecule is CCOc1ccc2c(c1)NC(=O)C2=Cc1cc(C)ccc1C. The predicted molar refractivity (Wildman–Crippen MR) is 90.0 cm³/mol. The lowest BCUT2D eigenvalue weighted by Gasteiger charge is -2.06. The molecule has 3 heteroatoms. The highest BCUT2D eigenvalue weighted by molar-refractivity contribution is 6.35. The minimum atomic E-state index is -0.0652. The van der Waals surface area contributed by atoms with E-state index in [2.05, 4.69) is 37.4 Å². The summed E-state index contributed by atoms with van der Waals surface area (Å²) in [6.45, 7) is 6.66. The largest absolute Gasteiger partial charge is 0.494 e. The van der Waals surface area contributed by atoms with Gasteiger partial charge in [0.1, 0.15) is 5.75 Å². The van der Waals surface area contributed by atoms with Crippen LogP contribution in [-0.4, -0.2) is 12.5 Å². The maximum Gasteiger partial charge on any atom is 0.256 e. The highest BCUT2D eigenvalue weighted by Crippen LogP contribution is 2.36. The molecule has 2 aromatic rings. The molecule has 0 atom stereocenters. The lowest BCUT2D eigenvalue weighted by atomic mass is 10.00. The third-order valence-corrected chi connectivity index (χ3v) is 3.82. The van der Waals surface area contributed by atoms with Crippen LogP contribution in [0.15, 0.2) is 36.4 Å². The summed E-state index contributed by atoms with van der Waals surface area (Å²) in [5, 5.41) is 2.91. The Morgan fingerprint density at radius 1 is 1.14 bits per heavy atom. The Labute approximate surface area is 130 Å². The van der Waals surface area contributed by atoms with Gasteiger partial charge in [-0.3, -0.25) is 4.79 Å². The highest BCUT2D eigenvalue weighted by atomic mass is 16.5. The average molecular weight is 293 g/mol. The molecule has 22 heavy (non-hydrogen) atoms. The minimum Gasteiger partial charge on any atom is -0.494 e. The molecular formula is C19H19NO2. The van der Waals surface area contributed by atoms with E-state index in [0.717, 1.165) is 28.1 Å². The normalized spacial score (nSPS) is 14.9. The Morgan fingerprint density at radius 3 is 2.73 bits per heavy atom. The number of benzene rings is 2. The molecule has 0 aromatic heterocycles. The maximum atomic E-state index is 12.3. The fraction of sp³-hybridized carbons (Fsp3) is 0.211. The van der Waals surface area contributed by atoms with E-state index >= 15 is 0 Å². The average Bonchev–Trinajstić information content (AvgIpc) is 2.79. The van der Waals surface area contributed by atoms with Crippen molar-refractivity contribution >= 4 is 23.2 Å². The number of carbonyl (C=O) groups excluding carboxylic acids is 1. The summed E-state index contributed by atoms with van der Waals surface area (Å²) < 4.78 is 5.48. The van der Waals surface area contributed by atoms with E-state index in [9.17, 15) is 4.79 Å². The van der Waals surface area contributed by atoms with Gasteiger partial charge in [-0.2, -0.15) is 0 Å². The fourth-order valence-corrected chi connectivity index (χ4v) is 2.64. The zero-order valence-corrected chi connectivity index (χ0v) is 13.1. The molecule has 0 unspecified atom stereocenters. The lowest BCUT2D eigenvalue weighted by molar-refractivity contribution is -0.110. The zero-order valence-electron chi connectivity index (χ0n) is 13.1. The van der Waals surface area contributed by atoms with Crippen LogP contribution in [-0.2, 0) is 4.79 Å². The van der Waals surface area contributed by atoms with E-state index in [4.69, 9.17) is 4.74 Å². The lowest BCUT2D eigenvalue weighted by Crippen LogP contribution is -2.03. The van der Waals surface area contributed by atoms with E-state index in [1.807, 2.05) is 31.2 Å². The second-order valence-electron chi connectivity index (χ2n) is 5.51. The van der Waals surface area contributed by atoms with E-state index in [0.29, 0.717) is 12.2 Å². The molecule has 0 bridgehead atoms. The standard InChI is InChI=1S/C19H19NO2/c1-4-22-15-7-8-16-17(19(21)20-18(16)11-15)10-14-9-12(2)5-6-13(14)3/h5-11H,4H2,1-3H3,(H,20,21). The topological polar surface area (TPSA) is 38.3 Å². The number of hydrogen-bond donors (Lipinski definition) is 1. The smallest absolute Gasteiger partial charge is 0.256 e. The van der Waals surface area contributed by atoms with Crippen molar-refractivity contribution in [1.29, 1.82) is 0 Å². The second-order valence-corrected chi connectivity index (χ2v) is 5.51. The van der Waals surface area contributed by atoms with Gasteiger partial charge in [0, 0.05) is 17.2 Å². The van der Waals surface area contributed by atoms with E-state index < -0.39 is 0 Å². The first-order chi connectivity index (χ1) is 10.6. The third kappa shape index (κ3) is 2.62. The first kappa shape index (κ1) is 14.4. The molecule has 1 N–H and O–H groups in total. The maximum absolute atomic E-state index is 12.3. The van der Waals surface area contributed by atoms with E-state index in [1.54, 1.807) is 0 Å². The van der Waals surface area contributed by atoms with E-state index in [1.165, 1.54) is 5.56 Å². The van der Waals surface area contributed by atoms with E-state index in [-0.39, 0.29) is 5.91 Å². The van der Waals surface area contributed by atoms with Crippen molar-refractivity contribution in [3.05, 3.63) is 58.7 Å². The van der Waals surface area contributed by atoms with Crippen LogP contribution in [0, 0.1) is 13.8 Å². The third-order valence-electron chi connectivity index (χ3n) is 3.82. The molecule has 0 saturated carbocycles. The predicted octanol–water partition coefficient (Wildman–Crippen LogP) is 4.19. The van der Waals surface area contributed by atoms with Crippen molar-refractivity contribution in [1.82, 2.24) is 0 Å². The van der Waals surface area contributed by atoms with Crippen molar-refractivity contribution in [2.45, 2.75) is 20.8 Å². The number of aryl methyl sites for hydroxylation is 2. The summed E-state index contributed by atoms with van der Waals surface area (Å²) in [7, 11) is 0. The fourth-order valence-electron chi connectivity index (χ4n) is 2.64. The summed E-state index contributed by atoms with van der Waals surface area (Å²) in [6, 6.07) is 12.0. The molecule has 112 valence electrons. The number of carbonyl (C=O) groups is 1. The molecule has 3 rings (SSSR count). The Kier molecular flexibility index (Phi) is 3.72. The molecule has 0 aliphatic carbocycles. The number of nitrogens with one attached hydrogen (secondary N) is 1. The van der Waals surface area contributed by atoms with Gasteiger partial charge in [0.05, 0.1) is 12.3 Å². The summed E-state index contributed by atoms with van der Waals surface area (Å²) in [5.74, 6) is 0.707.